The van der Waals surface area contributed by atoms with E-state index in [-0.39, 0.29) is 19.6 Å². The summed E-state index contributed by atoms with van der Waals surface area (Å²) >= 11 is 0. The Morgan fingerprint density at radius 3 is 1.94 bits per heavy atom. The smallest absolute Gasteiger partial charge is 0.317 e. The van der Waals surface area contributed by atoms with Gasteiger partial charge in [0.1, 0.15) is 6.42 Å². The lowest BCUT2D eigenvalue weighted by Crippen LogP contribution is -2.13. The monoisotopic (exact) mass is 242 g/mol. The van der Waals surface area contributed by atoms with Crippen LogP contribution in [-0.4, -0.2) is 34.7 Å². The maximum Gasteiger partial charge on any atom is 0.317 e. The largest absolute Gasteiger partial charge is 0.466 e. The highest BCUT2D eigenvalue weighted by atomic mass is 16.5. The molecule has 0 saturated carbocycles. The van der Waals surface area contributed by atoms with Gasteiger partial charge in [-0.2, -0.15) is 0 Å². The Bertz CT molecular complexity index is 306. The van der Waals surface area contributed by atoms with E-state index in [2.05, 4.69) is 14.5 Å². The van der Waals surface area contributed by atoms with Crippen molar-refractivity contribution < 1.29 is 19.1 Å². The Balaban J connectivity index is 0.000000354. The first kappa shape index (κ1) is 15.2. The minimum absolute atomic E-state index is 0.290. The molecule has 1 aromatic rings. The van der Waals surface area contributed by atoms with Crippen molar-refractivity contribution in [3.05, 3.63) is 18.7 Å². The van der Waals surface area contributed by atoms with Gasteiger partial charge in [0.2, 0.25) is 0 Å². The minimum Gasteiger partial charge on any atom is -0.466 e. The number of carbonyl (C=O) groups excluding carboxylic acids is 2. The second kappa shape index (κ2) is 9.38. The van der Waals surface area contributed by atoms with Gasteiger partial charge in [0.25, 0.3) is 0 Å². The molecule has 1 rings (SSSR count). The highest BCUT2D eigenvalue weighted by Crippen LogP contribution is 1.89. The highest BCUT2D eigenvalue weighted by Gasteiger charge is 2.09. The summed E-state index contributed by atoms with van der Waals surface area (Å²) in [5.74, 6) is -1.07. The van der Waals surface area contributed by atoms with Gasteiger partial charge in [-0.1, -0.05) is 0 Å². The minimum atomic E-state index is -0.536. The van der Waals surface area contributed by atoms with Crippen LogP contribution in [0.15, 0.2) is 18.7 Å². The Kier molecular flexibility index (Phi) is 8.36. The molecule has 0 bridgehead atoms. The molecule has 0 aliphatic carbocycles. The Labute approximate surface area is 101 Å². The number of hydrogen-bond acceptors (Lipinski definition) is 5. The molecule has 0 aromatic carbocycles. The van der Waals surface area contributed by atoms with Crippen LogP contribution in [0.2, 0.25) is 0 Å². The molecule has 17 heavy (non-hydrogen) atoms. The van der Waals surface area contributed by atoms with E-state index in [1.165, 1.54) is 0 Å². The van der Waals surface area contributed by atoms with Crippen LogP contribution in [0.3, 0.4) is 0 Å². The number of esters is 2. The summed E-state index contributed by atoms with van der Waals surface area (Å²) in [5, 5.41) is 0. The van der Waals surface area contributed by atoms with Gasteiger partial charge in [-0.25, -0.2) is 4.98 Å². The Morgan fingerprint density at radius 1 is 1.18 bits per heavy atom. The zero-order valence-corrected chi connectivity index (χ0v) is 10.4. The number of imidazole rings is 1. The number of aryl methyl sites for hydroxylation is 1. The van der Waals surface area contributed by atoms with E-state index in [1.54, 1.807) is 26.4 Å². The van der Waals surface area contributed by atoms with E-state index in [1.807, 2.05) is 17.8 Å². The second-order valence-corrected chi connectivity index (χ2v) is 3.01. The average Bonchev–Trinajstić information content (AvgIpc) is 2.70. The number of nitrogens with zero attached hydrogens (tertiary/aromatic N) is 2. The van der Waals surface area contributed by atoms with Crippen molar-refractivity contribution in [3.8, 4) is 0 Å². The van der Waals surface area contributed by atoms with Crippen LogP contribution in [-0.2, 0) is 26.1 Å². The third-order valence-electron chi connectivity index (χ3n) is 1.54. The summed E-state index contributed by atoms with van der Waals surface area (Å²) in [7, 11) is 1.94. The first-order chi connectivity index (χ1) is 8.10. The average molecular weight is 242 g/mol. The molecule has 0 N–H and O–H groups in total. The number of carbonyl (C=O) groups is 2. The number of hydrogen-bond donors (Lipinski definition) is 0. The van der Waals surface area contributed by atoms with Crippen LogP contribution < -0.4 is 0 Å². The fraction of sp³-hybridized carbons (Fsp3) is 0.545. The molecule has 0 radical (unpaired) electrons. The lowest BCUT2D eigenvalue weighted by molar-refractivity contribution is -0.153. The molecule has 6 nitrogen and oxygen atoms in total. The number of aromatic nitrogens is 2. The second-order valence-electron chi connectivity index (χ2n) is 3.01. The summed E-state index contributed by atoms with van der Waals surface area (Å²) in [6.07, 6.45) is 5.10. The zero-order valence-electron chi connectivity index (χ0n) is 10.4. The molecule has 0 spiro atoms. The van der Waals surface area contributed by atoms with Crippen LogP contribution in [0, 0.1) is 0 Å². The van der Waals surface area contributed by atoms with E-state index in [0.29, 0.717) is 0 Å². The van der Waals surface area contributed by atoms with Crippen molar-refractivity contribution in [2.75, 3.05) is 13.2 Å². The van der Waals surface area contributed by atoms with Gasteiger partial charge in [0.15, 0.2) is 0 Å². The van der Waals surface area contributed by atoms with Crippen molar-refractivity contribution in [1.29, 1.82) is 0 Å². The molecule has 0 fully saturated rings. The van der Waals surface area contributed by atoms with E-state index in [4.69, 9.17) is 0 Å². The zero-order chi connectivity index (χ0) is 13.1. The number of ether oxygens (including phenoxy) is 2. The van der Waals surface area contributed by atoms with E-state index in [0.717, 1.165) is 0 Å². The van der Waals surface area contributed by atoms with Crippen LogP contribution in [0.25, 0.3) is 0 Å². The molecule has 6 heteroatoms. The topological polar surface area (TPSA) is 70.4 Å². The summed E-state index contributed by atoms with van der Waals surface area (Å²) in [6, 6.07) is 0. The molecule has 0 unspecified atom stereocenters. The fourth-order valence-corrected chi connectivity index (χ4v) is 0.868. The van der Waals surface area contributed by atoms with Gasteiger partial charge in [-0.05, 0) is 13.8 Å². The summed E-state index contributed by atoms with van der Waals surface area (Å²) in [6.45, 7) is 3.95. The Hall–Kier alpha value is -1.85. The third kappa shape index (κ3) is 9.10. The van der Waals surface area contributed by atoms with E-state index >= 15 is 0 Å². The van der Waals surface area contributed by atoms with Gasteiger partial charge in [-0.15, -0.1) is 0 Å². The summed E-state index contributed by atoms with van der Waals surface area (Å²) in [5.41, 5.74) is 0. The van der Waals surface area contributed by atoms with Gasteiger partial charge in [-0.3, -0.25) is 9.59 Å². The predicted octanol–water partition coefficient (Wildman–Crippen LogP) is 0.923. The van der Waals surface area contributed by atoms with Crippen molar-refractivity contribution >= 4 is 11.9 Å². The predicted molar refractivity (Wildman–Crippen MR) is 61.1 cm³/mol. The molecule has 0 atom stereocenters. The maximum atomic E-state index is 10.6. The van der Waals surface area contributed by atoms with Gasteiger partial charge in [0, 0.05) is 19.4 Å². The fourth-order valence-electron chi connectivity index (χ4n) is 0.868. The van der Waals surface area contributed by atoms with Crippen molar-refractivity contribution in [2.45, 2.75) is 20.3 Å². The van der Waals surface area contributed by atoms with E-state index < -0.39 is 11.9 Å². The highest BCUT2D eigenvalue weighted by molar-refractivity contribution is 5.91. The van der Waals surface area contributed by atoms with Crippen molar-refractivity contribution in [1.82, 2.24) is 9.55 Å². The van der Waals surface area contributed by atoms with Crippen LogP contribution in [0.4, 0.5) is 0 Å². The molecule has 0 aliphatic rings. The summed E-state index contributed by atoms with van der Waals surface area (Å²) in [4.78, 5) is 25.0. The molecular weight excluding hydrogens is 224 g/mol. The number of rotatable bonds is 4. The van der Waals surface area contributed by atoms with Crippen molar-refractivity contribution in [2.24, 2.45) is 7.05 Å². The molecule has 0 saturated heterocycles. The normalized spacial score (nSPS) is 8.88. The lowest BCUT2D eigenvalue weighted by atomic mass is 10.4. The Morgan fingerprint density at radius 2 is 1.71 bits per heavy atom. The van der Waals surface area contributed by atoms with Gasteiger partial charge >= 0.3 is 11.9 Å². The van der Waals surface area contributed by atoms with Crippen LogP contribution in [0.1, 0.15) is 20.3 Å². The molecule has 96 valence electrons. The van der Waals surface area contributed by atoms with Gasteiger partial charge < -0.3 is 14.0 Å². The third-order valence-corrected chi connectivity index (χ3v) is 1.54. The molecule has 1 heterocycles. The quantitative estimate of drug-likeness (QED) is 0.580. The van der Waals surface area contributed by atoms with Crippen LogP contribution in [0.5, 0.6) is 0 Å². The van der Waals surface area contributed by atoms with E-state index in [9.17, 15) is 9.59 Å². The van der Waals surface area contributed by atoms with Crippen molar-refractivity contribution in [3.63, 3.8) is 0 Å². The molecular formula is C11H18N2O4. The SMILES string of the molecule is CCOC(=O)CC(=O)OCC.Cn1ccnc1. The first-order valence-electron chi connectivity index (χ1n) is 5.33. The first-order valence-corrected chi connectivity index (χ1v) is 5.33. The molecule has 1 aromatic heterocycles. The molecule has 0 amide bonds. The van der Waals surface area contributed by atoms with Crippen LogP contribution >= 0.6 is 0 Å². The summed E-state index contributed by atoms with van der Waals surface area (Å²) < 4.78 is 10.9. The lowest BCUT2D eigenvalue weighted by Gasteiger charge is -2.00. The standard InChI is InChI=1S/C7H12O4.C4H6N2/c1-3-10-6(8)5-7(9)11-4-2;1-6-3-2-5-4-6/h3-5H2,1-2H3;2-4H,1H3. The molecule has 0 aliphatic heterocycles. The van der Waals surface area contributed by atoms with Gasteiger partial charge in [0.05, 0.1) is 19.5 Å². The maximum absolute atomic E-state index is 10.6.